The number of phosphoric acid groups is 1. The highest BCUT2D eigenvalue weighted by molar-refractivity contribution is 7.46. The van der Waals surface area contributed by atoms with Gasteiger partial charge in [-0.25, -0.2) is 4.57 Å². The molecule has 0 aromatic heterocycles. The highest BCUT2D eigenvalue weighted by Gasteiger charge is 2.17. The Balaban J connectivity index is 3.78. The van der Waals surface area contributed by atoms with Gasteiger partial charge in [-0.2, -0.15) is 0 Å². The molecule has 0 amide bonds. The van der Waals surface area contributed by atoms with Crippen LogP contribution in [0.2, 0.25) is 0 Å². The lowest BCUT2D eigenvalue weighted by molar-refractivity contribution is 0.0302. The van der Waals surface area contributed by atoms with Gasteiger partial charge in [-0.3, -0.25) is 4.52 Å². The van der Waals surface area contributed by atoms with Gasteiger partial charge in [0.25, 0.3) is 0 Å². The van der Waals surface area contributed by atoms with E-state index in [0.717, 1.165) is 6.42 Å². The molecule has 1 unspecified atom stereocenters. The fourth-order valence-corrected chi connectivity index (χ4v) is 2.96. The Kier molecular flexibility index (Phi) is 21.3. The molecule has 0 aromatic rings. The quantitative estimate of drug-likeness (QED) is 0.0840. The average Bonchev–Trinajstić information content (AvgIpc) is 2.76. The molecule has 1 atom stereocenters. The molecule has 6 nitrogen and oxygen atoms in total. The number of hydrogen-bond acceptors (Lipinski definition) is 4. The molecule has 0 aromatic carbocycles. The van der Waals surface area contributed by atoms with Gasteiger partial charge >= 0.3 is 7.82 Å². The van der Waals surface area contributed by atoms with Gasteiger partial charge in [0.1, 0.15) is 6.10 Å². The van der Waals surface area contributed by atoms with Gasteiger partial charge in [0.05, 0.1) is 19.5 Å². The minimum absolute atomic E-state index is 0.401. The van der Waals surface area contributed by atoms with Crippen LogP contribution < -0.4 is 0 Å². The van der Waals surface area contributed by atoms with Crippen molar-refractivity contribution in [2.24, 2.45) is 0 Å². The molecule has 0 fully saturated rings. The molecule has 182 valence electrons. The molecular formula is C25H41O6P. The molecule has 0 aliphatic heterocycles. The number of unbranched alkanes of at least 4 members (excludes halogenated alkanes) is 8. The van der Waals surface area contributed by atoms with Gasteiger partial charge in [0.15, 0.2) is 0 Å². The van der Waals surface area contributed by atoms with E-state index in [1.165, 1.54) is 57.6 Å². The number of phosphoric ester groups is 1. The van der Waals surface area contributed by atoms with E-state index in [1.807, 2.05) is 36.5 Å². The third kappa shape index (κ3) is 24.6. The van der Waals surface area contributed by atoms with Crippen LogP contribution in [0.5, 0.6) is 0 Å². The normalized spacial score (nSPS) is 14.4. The van der Waals surface area contributed by atoms with Gasteiger partial charge in [0.2, 0.25) is 0 Å². The molecule has 3 N–H and O–H groups in total. The molecule has 32 heavy (non-hydrogen) atoms. The van der Waals surface area contributed by atoms with Crippen LogP contribution in [0.3, 0.4) is 0 Å². The maximum absolute atomic E-state index is 10.6. The summed E-state index contributed by atoms with van der Waals surface area (Å²) in [7, 11) is -4.57. The van der Waals surface area contributed by atoms with Crippen LogP contribution in [-0.4, -0.2) is 34.2 Å². The molecule has 0 rings (SSSR count). The van der Waals surface area contributed by atoms with Crippen molar-refractivity contribution in [1.29, 1.82) is 0 Å². The lowest BCUT2D eigenvalue weighted by Gasteiger charge is -2.14. The maximum Gasteiger partial charge on any atom is 0.469 e. The van der Waals surface area contributed by atoms with Crippen LogP contribution in [0.25, 0.3) is 0 Å². The van der Waals surface area contributed by atoms with Gasteiger partial charge < -0.3 is 19.6 Å². The zero-order chi connectivity index (χ0) is 23.8. The van der Waals surface area contributed by atoms with Crippen LogP contribution in [0.15, 0.2) is 73.1 Å². The highest BCUT2D eigenvalue weighted by Crippen LogP contribution is 2.35. The summed E-state index contributed by atoms with van der Waals surface area (Å²) < 4.78 is 20.0. The third-order valence-corrected chi connectivity index (χ3v) is 4.83. The number of aliphatic hydroxyl groups is 1. The van der Waals surface area contributed by atoms with Crippen molar-refractivity contribution in [3.63, 3.8) is 0 Å². The molecule has 0 saturated carbocycles. The summed E-state index contributed by atoms with van der Waals surface area (Å²) in [5.41, 5.74) is 0. The molecule has 7 heteroatoms. The number of allylic oxidation sites excluding steroid dienone is 11. The smallest absolute Gasteiger partial charge is 0.469 e. The number of hydrogen-bond donors (Lipinski definition) is 3. The Labute approximate surface area is 194 Å². The van der Waals surface area contributed by atoms with Crippen LogP contribution in [-0.2, 0) is 13.8 Å². The molecule has 0 aliphatic rings. The van der Waals surface area contributed by atoms with E-state index in [9.17, 15) is 4.57 Å². The van der Waals surface area contributed by atoms with Gasteiger partial charge in [-0.1, -0.05) is 113 Å². The lowest BCUT2D eigenvalue weighted by Crippen LogP contribution is -2.21. The topological polar surface area (TPSA) is 96.2 Å². The number of aliphatic hydroxyl groups excluding tert-OH is 1. The Bertz CT molecular complexity index is 643. The van der Waals surface area contributed by atoms with Crippen molar-refractivity contribution in [2.75, 3.05) is 13.2 Å². The molecular weight excluding hydrogens is 427 g/mol. The van der Waals surface area contributed by atoms with E-state index in [-0.39, 0.29) is 0 Å². The number of ether oxygens (including phenoxy) is 1. The van der Waals surface area contributed by atoms with Crippen LogP contribution in [0.1, 0.15) is 64.7 Å². The maximum atomic E-state index is 10.6. The second-order valence-corrected chi connectivity index (χ2v) is 8.53. The first-order valence-corrected chi connectivity index (χ1v) is 13.0. The molecule has 0 bridgehead atoms. The van der Waals surface area contributed by atoms with Crippen molar-refractivity contribution in [1.82, 2.24) is 0 Å². The summed E-state index contributed by atoms with van der Waals surface area (Å²) in [6.07, 6.45) is 33.5. The molecule has 0 radical (unpaired) electrons. The van der Waals surface area contributed by atoms with Crippen molar-refractivity contribution in [2.45, 2.75) is 70.8 Å². The van der Waals surface area contributed by atoms with E-state index in [4.69, 9.17) is 19.6 Å². The summed E-state index contributed by atoms with van der Waals surface area (Å²) in [4.78, 5) is 17.2. The monoisotopic (exact) mass is 468 g/mol. The summed E-state index contributed by atoms with van der Waals surface area (Å²) in [6, 6.07) is 0. The first-order valence-electron chi connectivity index (χ1n) is 11.4. The fourth-order valence-electron chi connectivity index (χ4n) is 2.60. The van der Waals surface area contributed by atoms with E-state index >= 15 is 0 Å². The van der Waals surface area contributed by atoms with Crippen LogP contribution >= 0.6 is 7.82 Å². The minimum Gasteiger partial charge on any atom is -0.493 e. The average molecular weight is 469 g/mol. The SMILES string of the molecule is CCCCCCCCCCC=CC=CC=CC=CC=CC=COC(CO)COP(=O)(O)O. The van der Waals surface area contributed by atoms with Gasteiger partial charge in [-0.05, 0) is 18.9 Å². The second-order valence-electron chi connectivity index (χ2n) is 7.29. The Hall–Kier alpha value is -1.69. The summed E-state index contributed by atoms with van der Waals surface area (Å²) in [5.74, 6) is 0. The summed E-state index contributed by atoms with van der Waals surface area (Å²) in [5, 5.41) is 9.05. The highest BCUT2D eigenvalue weighted by atomic mass is 31.2. The lowest BCUT2D eigenvalue weighted by atomic mass is 10.1. The zero-order valence-electron chi connectivity index (χ0n) is 19.3. The van der Waals surface area contributed by atoms with E-state index in [1.54, 1.807) is 18.2 Å². The van der Waals surface area contributed by atoms with Crippen molar-refractivity contribution in [3.05, 3.63) is 73.1 Å². The zero-order valence-corrected chi connectivity index (χ0v) is 20.2. The Morgan fingerprint density at radius 1 is 0.750 bits per heavy atom. The fraction of sp³-hybridized carbons (Fsp3) is 0.520. The van der Waals surface area contributed by atoms with Crippen molar-refractivity contribution >= 4 is 7.82 Å². The third-order valence-electron chi connectivity index (χ3n) is 4.34. The summed E-state index contributed by atoms with van der Waals surface area (Å²) >= 11 is 0. The van der Waals surface area contributed by atoms with Crippen LogP contribution in [0, 0.1) is 0 Å². The van der Waals surface area contributed by atoms with Gasteiger partial charge in [0, 0.05) is 0 Å². The van der Waals surface area contributed by atoms with E-state index < -0.39 is 27.1 Å². The Morgan fingerprint density at radius 2 is 1.25 bits per heavy atom. The summed E-state index contributed by atoms with van der Waals surface area (Å²) in [6.45, 7) is 1.43. The predicted molar refractivity (Wildman–Crippen MR) is 132 cm³/mol. The Morgan fingerprint density at radius 3 is 1.78 bits per heavy atom. The predicted octanol–water partition coefficient (Wildman–Crippen LogP) is 6.30. The molecule has 0 saturated heterocycles. The van der Waals surface area contributed by atoms with E-state index in [2.05, 4.69) is 23.6 Å². The second kappa shape index (κ2) is 22.5. The standard InChI is InChI=1S/C25H41O6P/c1-2-3-4-5-6-7-8-9-10-11-12-13-14-15-16-17-18-19-20-21-22-30-25(23-26)24-31-32(27,28)29/h11-22,25-26H,2-10,23-24H2,1H3,(H2,27,28,29). The first-order chi connectivity index (χ1) is 15.5. The minimum atomic E-state index is -4.57. The molecule has 0 spiro atoms. The van der Waals surface area contributed by atoms with Crippen molar-refractivity contribution in [3.8, 4) is 0 Å². The number of rotatable bonds is 20. The van der Waals surface area contributed by atoms with Crippen molar-refractivity contribution < 1.29 is 28.7 Å². The molecule has 0 heterocycles. The van der Waals surface area contributed by atoms with Crippen LogP contribution in [0.4, 0.5) is 0 Å². The molecule has 0 aliphatic carbocycles. The van der Waals surface area contributed by atoms with Gasteiger partial charge in [-0.15, -0.1) is 0 Å². The first kappa shape index (κ1) is 30.3. The largest absolute Gasteiger partial charge is 0.493 e. The van der Waals surface area contributed by atoms with E-state index in [0.29, 0.717) is 0 Å².